The quantitative estimate of drug-likeness (QED) is 0.533. The summed E-state index contributed by atoms with van der Waals surface area (Å²) in [6.45, 7) is 5.38. The molecule has 0 saturated carbocycles. The van der Waals surface area contributed by atoms with Gasteiger partial charge in [-0.1, -0.05) is 11.6 Å². The monoisotopic (exact) mass is 150 g/mol. The van der Waals surface area contributed by atoms with Gasteiger partial charge in [-0.2, -0.15) is 0 Å². The minimum absolute atomic E-state index is 1.04. The summed E-state index contributed by atoms with van der Waals surface area (Å²) in [4.78, 5) is 0. The van der Waals surface area contributed by atoms with Crippen LogP contribution in [0.1, 0.15) is 13.3 Å². The van der Waals surface area contributed by atoms with Gasteiger partial charge < -0.3 is 10.6 Å². The molecule has 60 valence electrons. The molecule has 2 aliphatic rings. The van der Waals surface area contributed by atoms with Crippen LogP contribution in [0, 0.1) is 0 Å². The highest BCUT2D eigenvalue weighted by Gasteiger charge is 2.13. The second kappa shape index (κ2) is 2.70. The van der Waals surface area contributed by atoms with Crippen molar-refractivity contribution in [2.75, 3.05) is 19.6 Å². The van der Waals surface area contributed by atoms with E-state index < -0.39 is 0 Å². The summed E-state index contributed by atoms with van der Waals surface area (Å²) >= 11 is 0. The van der Waals surface area contributed by atoms with Gasteiger partial charge in [0.1, 0.15) is 0 Å². The van der Waals surface area contributed by atoms with E-state index in [0.29, 0.717) is 0 Å². The average molecular weight is 150 g/mol. The molecule has 0 aromatic rings. The molecular formula is C9H14N2. The standard InChI is InChI=1S/C9H14N2/c1-7-4-8-6-10-3-2-9(8)11-5-7/h4,10-11H,2-3,5-6H2,1H3. The lowest BCUT2D eigenvalue weighted by atomic mass is 10.0. The molecule has 0 unspecified atom stereocenters. The molecule has 0 aromatic carbocycles. The second-order valence-corrected chi connectivity index (χ2v) is 3.27. The molecule has 2 nitrogen and oxygen atoms in total. The maximum atomic E-state index is 3.44. The SMILES string of the molecule is CC1=CC2=C(CCNC2)NC1. The molecule has 0 amide bonds. The average Bonchev–Trinajstić information content (AvgIpc) is 2.04. The number of rotatable bonds is 0. The normalized spacial score (nSPS) is 23.9. The molecule has 11 heavy (non-hydrogen) atoms. The Morgan fingerprint density at radius 1 is 1.36 bits per heavy atom. The van der Waals surface area contributed by atoms with Crippen molar-refractivity contribution in [3.63, 3.8) is 0 Å². The van der Waals surface area contributed by atoms with Crippen LogP contribution in [-0.4, -0.2) is 19.6 Å². The van der Waals surface area contributed by atoms with Crippen LogP contribution >= 0.6 is 0 Å². The first-order chi connectivity index (χ1) is 5.36. The Morgan fingerprint density at radius 3 is 3.18 bits per heavy atom. The summed E-state index contributed by atoms with van der Waals surface area (Å²) < 4.78 is 0. The molecule has 0 aliphatic carbocycles. The Labute approximate surface area is 67.4 Å². The highest BCUT2D eigenvalue weighted by Crippen LogP contribution is 2.16. The van der Waals surface area contributed by atoms with Gasteiger partial charge in [0.05, 0.1) is 0 Å². The maximum absolute atomic E-state index is 3.44. The molecule has 2 aliphatic heterocycles. The van der Waals surface area contributed by atoms with E-state index in [1.807, 2.05) is 0 Å². The van der Waals surface area contributed by atoms with Crippen molar-refractivity contribution < 1.29 is 0 Å². The van der Waals surface area contributed by atoms with Gasteiger partial charge in [-0.15, -0.1) is 0 Å². The predicted molar refractivity (Wildman–Crippen MR) is 46.3 cm³/mol. The molecule has 0 saturated heterocycles. The van der Waals surface area contributed by atoms with Gasteiger partial charge in [0, 0.05) is 25.3 Å². The summed E-state index contributed by atoms with van der Waals surface area (Å²) in [7, 11) is 0. The molecule has 0 spiro atoms. The largest absolute Gasteiger partial charge is 0.384 e. The molecule has 0 aromatic heterocycles. The first-order valence-electron chi connectivity index (χ1n) is 4.20. The summed E-state index contributed by atoms with van der Waals surface area (Å²) in [5.74, 6) is 0. The number of nitrogens with one attached hydrogen (secondary N) is 2. The molecule has 2 N–H and O–H groups in total. The first-order valence-corrected chi connectivity index (χ1v) is 4.20. The predicted octanol–water partition coefficient (Wildman–Crippen LogP) is 0.783. The van der Waals surface area contributed by atoms with Gasteiger partial charge in [-0.05, 0) is 18.9 Å². The summed E-state index contributed by atoms with van der Waals surface area (Å²) in [5.41, 5.74) is 4.35. The zero-order valence-corrected chi connectivity index (χ0v) is 6.91. The zero-order chi connectivity index (χ0) is 7.68. The van der Waals surface area contributed by atoms with Crippen LogP contribution in [0.2, 0.25) is 0 Å². The van der Waals surface area contributed by atoms with Crippen molar-refractivity contribution in [2.24, 2.45) is 0 Å². The number of dihydropyridines is 1. The Balaban J connectivity index is 2.25. The third-order valence-corrected chi connectivity index (χ3v) is 2.26. The van der Waals surface area contributed by atoms with Crippen LogP contribution in [0.25, 0.3) is 0 Å². The lowest BCUT2D eigenvalue weighted by Crippen LogP contribution is -2.33. The third kappa shape index (κ3) is 1.31. The fraction of sp³-hybridized carbons (Fsp3) is 0.556. The zero-order valence-electron chi connectivity index (χ0n) is 6.91. The second-order valence-electron chi connectivity index (χ2n) is 3.27. The minimum Gasteiger partial charge on any atom is -0.384 e. The molecule has 2 heterocycles. The van der Waals surface area contributed by atoms with Crippen molar-refractivity contribution in [2.45, 2.75) is 13.3 Å². The lowest BCUT2D eigenvalue weighted by Gasteiger charge is -2.25. The number of hydrogen-bond donors (Lipinski definition) is 2. The van der Waals surface area contributed by atoms with Gasteiger partial charge in [-0.3, -0.25) is 0 Å². The Kier molecular flexibility index (Phi) is 1.70. The molecule has 0 bridgehead atoms. The third-order valence-electron chi connectivity index (χ3n) is 2.26. The van der Waals surface area contributed by atoms with Crippen LogP contribution in [0.15, 0.2) is 22.9 Å². The fourth-order valence-corrected chi connectivity index (χ4v) is 1.64. The lowest BCUT2D eigenvalue weighted by molar-refractivity contribution is 0.632. The van der Waals surface area contributed by atoms with Crippen molar-refractivity contribution in [3.8, 4) is 0 Å². The van der Waals surface area contributed by atoms with E-state index >= 15 is 0 Å². The van der Waals surface area contributed by atoms with E-state index in [-0.39, 0.29) is 0 Å². The molecule has 2 rings (SSSR count). The molecule has 0 radical (unpaired) electrons. The van der Waals surface area contributed by atoms with Crippen molar-refractivity contribution in [3.05, 3.63) is 22.9 Å². The van der Waals surface area contributed by atoms with Crippen molar-refractivity contribution in [1.29, 1.82) is 0 Å². The maximum Gasteiger partial charge on any atom is 0.0357 e. The van der Waals surface area contributed by atoms with Crippen LogP contribution in [-0.2, 0) is 0 Å². The van der Waals surface area contributed by atoms with E-state index in [1.165, 1.54) is 23.3 Å². The van der Waals surface area contributed by atoms with E-state index in [0.717, 1.165) is 19.6 Å². The van der Waals surface area contributed by atoms with Crippen LogP contribution in [0.4, 0.5) is 0 Å². The van der Waals surface area contributed by atoms with E-state index in [9.17, 15) is 0 Å². The Hall–Kier alpha value is -0.760. The van der Waals surface area contributed by atoms with E-state index in [1.54, 1.807) is 0 Å². The highest BCUT2D eigenvalue weighted by atomic mass is 14.9. The van der Waals surface area contributed by atoms with Gasteiger partial charge in [0.2, 0.25) is 0 Å². The minimum atomic E-state index is 1.04. The smallest absolute Gasteiger partial charge is 0.0357 e. The molecule has 2 heteroatoms. The van der Waals surface area contributed by atoms with Crippen LogP contribution < -0.4 is 10.6 Å². The summed E-state index contributed by atoms with van der Waals surface area (Å²) in [6, 6.07) is 0. The number of hydrogen-bond acceptors (Lipinski definition) is 2. The van der Waals surface area contributed by atoms with Crippen LogP contribution in [0.3, 0.4) is 0 Å². The fourth-order valence-electron chi connectivity index (χ4n) is 1.64. The Bertz CT molecular complexity index is 226. The van der Waals surface area contributed by atoms with E-state index in [2.05, 4.69) is 23.6 Å². The molecular weight excluding hydrogens is 136 g/mol. The van der Waals surface area contributed by atoms with Crippen molar-refractivity contribution >= 4 is 0 Å². The van der Waals surface area contributed by atoms with Gasteiger partial charge >= 0.3 is 0 Å². The van der Waals surface area contributed by atoms with E-state index in [4.69, 9.17) is 0 Å². The first kappa shape index (κ1) is 6.92. The van der Waals surface area contributed by atoms with Gasteiger partial charge in [0.15, 0.2) is 0 Å². The van der Waals surface area contributed by atoms with Gasteiger partial charge in [-0.25, -0.2) is 0 Å². The topological polar surface area (TPSA) is 24.1 Å². The van der Waals surface area contributed by atoms with Gasteiger partial charge in [0.25, 0.3) is 0 Å². The molecule has 0 atom stereocenters. The summed E-state index contributed by atoms with van der Waals surface area (Å²) in [5, 5.41) is 6.80. The highest BCUT2D eigenvalue weighted by molar-refractivity contribution is 5.35. The Morgan fingerprint density at radius 2 is 2.27 bits per heavy atom. The van der Waals surface area contributed by atoms with Crippen molar-refractivity contribution in [1.82, 2.24) is 10.6 Å². The summed E-state index contributed by atoms with van der Waals surface area (Å²) in [6.07, 6.45) is 3.47. The molecule has 0 fully saturated rings. The van der Waals surface area contributed by atoms with Crippen LogP contribution in [0.5, 0.6) is 0 Å².